The number of halogens is 1. The number of nitrogens with two attached hydrogens (primary N) is 1. The lowest BCUT2D eigenvalue weighted by molar-refractivity contribution is 0.230. The topological polar surface area (TPSA) is 59.6 Å². The number of ether oxygens (including phenoxy) is 1. The zero-order valence-corrected chi connectivity index (χ0v) is 16.1. The van der Waals surface area contributed by atoms with E-state index in [0.717, 1.165) is 11.4 Å². The van der Waals surface area contributed by atoms with Crippen LogP contribution in [0.2, 0.25) is 0 Å². The quantitative estimate of drug-likeness (QED) is 0.431. The fraction of sp³-hybridized carbons (Fsp3) is 0.278. The van der Waals surface area contributed by atoms with Gasteiger partial charge in [0, 0.05) is 5.69 Å². The highest BCUT2D eigenvalue weighted by Crippen LogP contribution is 2.13. The molecule has 124 valence electrons. The molecule has 5 heteroatoms. The van der Waals surface area contributed by atoms with Crippen molar-refractivity contribution >= 4 is 35.6 Å². The summed E-state index contributed by atoms with van der Waals surface area (Å²) in [4.78, 5) is 4.32. The van der Waals surface area contributed by atoms with Crippen LogP contribution in [0.5, 0.6) is 5.75 Å². The maximum atomic E-state index is 5.90. The van der Waals surface area contributed by atoms with Crippen LogP contribution in [-0.4, -0.2) is 18.6 Å². The van der Waals surface area contributed by atoms with Crippen LogP contribution in [0.3, 0.4) is 0 Å². The second-order valence-electron chi connectivity index (χ2n) is 5.46. The van der Waals surface area contributed by atoms with Gasteiger partial charge in [0.15, 0.2) is 5.96 Å². The van der Waals surface area contributed by atoms with Gasteiger partial charge in [-0.05, 0) is 50.6 Å². The smallest absolute Gasteiger partial charge is 0.193 e. The Morgan fingerprint density at radius 2 is 1.83 bits per heavy atom. The fourth-order valence-electron chi connectivity index (χ4n) is 2.02. The van der Waals surface area contributed by atoms with Crippen LogP contribution >= 0.6 is 24.0 Å². The highest BCUT2D eigenvalue weighted by molar-refractivity contribution is 14.0. The molecule has 0 radical (unpaired) electrons. The van der Waals surface area contributed by atoms with Gasteiger partial charge in [-0.3, -0.25) is 0 Å². The van der Waals surface area contributed by atoms with Crippen molar-refractivity contribution in [3.63, 3.8) is 0 Å². The summed E-state index contributed by atoms with van der Waals surface area (Å²) in [5.74, 6) is 1.24. The van der Waals surface area contributed by atoms with E-state index in [-0.39, 0.29) is 30.1 Å². The van der Waals surface area contributed by atoms with Gasteiger partial charge in [-0.25, -0.2) is 4.99 Å². The van der Waals surface area contributed by atoms with Crippen LogP contribution in [0.15, 0.2) is 53.5 Å². The van der Waals surface area contributed by atoms with Gasteiger partial charge in [0.05, 0.1) is 6.54 Å². The fourth-order valence-corrected chi connectivity index (χ4v) is 2.02. The lowest BCUT2D eigenvalue weighted by Crippen LogP contribution is -2.25. The highest BCUT2D eigenvalue weighted by atomic mass is 127. The minimum Gasteiger partial charge on any atom is -0.489 e. The van der Waals surface area contributed by atoms with Crippen molar-refractivity contribution in [2.75, 3.05) is 11.9 Å². The largest absolute Gasteiger partial charge is 0.489 e. The van der Waals surface area contributed by atoms with E-state index in [9.17, 15) is 0 Å². The number of nitrogens with zero attached hydrogens (tertiary/aromatic N) is 1. The van der Waals surface area contributed by atoms with Gasteiger partial charge < -0.3 is 15.8 Å². The monoisotopic (exact) mass is 425 g/mol. The van der Waals surface area contributed by atoms with Gasteiger partial charge in [-0.1, -0.05) is 29.8 Å². The zero-order valence-electron chi connectivity index (χ0n) is 13.7. The molecule has 0 aliphatic rings. The molecule has 2 aromatic rings. The number of hydrogen-bond donors (Lipinski definition) is 2. The Morgan fingerprint density at radius 3 is 2.48 bits per heavy atom. The van der Waals surface area contributed by atoms with E-state index >= 15 is 0 Å². The Morgan fingerprint density at radius 1 is 1.13 bits per heavy atom. The zero-order chi connectivity index (χ0) is 15.9. The van der Waals surface area contributed by atoms with Crippen molar-refractivity contribution in [1.82, 2.24) is 0 Å². The molecular formula is C18H24IN3O. The second kappa shape index (κ2) is 9.39. The van der Waals surface area contributed by atoms with Crippen LogP contribution in [0.1, 0.15) is 18.1 Å². The third-order valence-electron chi connectivity index (χ3n) is 3.17. The Balaban J connectivity index is 0.00000264. The van der Waals surface area contributed by atoms with Gasteiger partial charge in [0.25, 0.3) is 0 Å². The first kappa shape index (κ1) is 19.3. The number of rotatable bonds is 5. The first-order valence-corrected chi connectivity index (χ1v) is 7.40. The molecule has 3 N–H and O–H groups in total. The molecule has 1 atom stereocenters. The maximum Gasteiger partial charge on any atom is 0.193 e. The average Bonchev–Trinajstić information content (AvgIpc) is 2.48. The lowest BCUT2D eigenvalue weighted by Gasteiger charge is -2.13. The van der Waals surface area contributed by atoms with E-state index in [4.69, 9.17) is 10.5 Å². The van der Waals surface area contributed by atoms with Crippen molar-refractivity contribution < 1.29 is 4.74 Å². The molecule has 0 spiro atoms. The number of anilines is 1. The predicted molar refractivity (Wildman–Crippen MR) is 108 cm³/mol. The SMILES string of the molecule is Cc1ccc(OC(C)CN=C(N)Nc2cccc(C)c2)cc1.I. The van der Waals surface area contributed by atoms with Crippen molar-refractivity contribution in [1.29, 1.82) is 0 Å². The van der Waals surface area contributed by atoms with Gasteiger partial charge in [-0.2, -0.15) is 0 Å². The summed E-state index contributed by atoms with van der Waals surface area (Å²) in [7, 11) is 0. The van der Waals surface area contributed by atoms with Crippen molar-refractivity contribution in [2.24, 2.45) is 10.7 Å². The molecule has 0 aromatic heterocycles. The summed E-state index contributed by atoms with van der Waals surface area (Å²) in [6.07, 6.45) is -0.0411. The Kier molecular flexibility index (Phi) is 7.88. The van der Waals surface area contributed by atoms with Gasteiger partial charge >= 0.3 is 0 Å². The summed E-state index contributed by atoms with van der Waals surface area (Å²) < 4.78 is 5.80. The van der Waals surface area contributed by atoms with Crippen LogP contribution in [0.4, 0.5) is 5.69 Å². The van der Waals surface area contributed by atoms with Crippen molar-refractivity contribution in [2.45, 2.75) is 26.9 Å². The second-order valence-corrected chi connectivity index (χ2v) is 5.46. The normalized spacial score (nSPS) is 12.2. The van der Waals surface area contributed by atoms with Crippen LogP contribution < -0.4 is 15.8 Å². The molecule has 4 nitrogen and oxygen atoms in total. The molecule has 0 aliphatic heterocycles. The van der Waals surface area contributed by atoms with Gasteiger partial charge in [0.2, 0.25) is 0 Å². The van der Waals surface area contributed by atoms with Crippen LogP contribution in [-0.2, 0) is 0 Å². The molecule has 2 aromatic carbocycles. The van der Waals surface area contributed by atoms with Crippen molar-refractivity contribution in [3.8, 4) is 5.75 Å². The first-order chi connectivity index (χ1) is 10.5. The molecule has 2 rings (SSSR count). The number of aliphatic imine (C=N–C) groups is 1. The van der Waals surface area contributed by atoms with E-state index in [0.29, 0.717) is 12.5 Å². The molecule has 0 bridgehead atoms. The Bertz CT molecular complexity index is 641. The van der Waals surface area contributed by atoms with E-state index in [1.165, 1.54) is 11.1 Å². The minimum absolute atomic E-state index is 0. The Hall–Kier alpha value is -1.76. The minimum atomic E-state index is -0.0411. The van der Waals surface area contributed by atoms with Crippen molar-refractivity contribution in [3.05, 3.63) is 59.7 Å². The third kappa shape index (κ3) is 6.90. The molecule has 0 fully saturated rings. The molecular weight excluding hydrogens is 401 g/mol. The standard InChI is InChI=1S/C18H23N3O.HI/c1-13-7-9-17(10-8-13)22-15(3)12-20-18(19)21-16-6-4-5-14(2)11-16;/h4-11,15H,12H2,1-3H3,(H3,19,20,21);1H. The maximum absolute atomic E-state index is 5.90. The van der Waals surface area contributed by atoms with Gasteiger partial charge in [0.1, 0.15) is 11.9 Å². The third-order valence-corrected chi connectivity index (χ3v) is 3.17. The van der Waals surface area contributed by atoms with E-state index in [1.54, 1.807) is 0 Å². The number of hydrogen-bond acceptors (Lipinski definition) is 2. The average molecular weight is 425 g/mol. The predicted octanol–water partition coefficient (Wildman–Crippen LogP) is 4.12. The van der Waals surface area contributed by atoms with Crippen LogP contribution in [0.25, 0.3) is 0 Å². The molecule has 0 saturated carbocycles. The summed E-state index contributed by atoms with van der Waals surface area (Å²) in [6, 6.07) is 16.0. The number of aryl methyl sites for hydroxylation is 2. The summed E-state index contributed by atoms with van der Waals surface area (Å²) in [6.45, 7) is 6.56. The molecule has 0 aliphatic carbocycles. The van der Waals surface area contributed by atoms with E-state index in [1.807, 2.05) is 62.4 Å². The summed E-state index contributed by atoms with van der Waals surface area (Å²) >= 11 is 0. The first-order valence-electron chi connectivity index (χ1n) is 7.40. The van der Waals surface area contributed by atoms with E-state index in [2.05, 4.69) is 17.2 Å². The Labute approximate surface area is 155 Å². The molecule has 1 unspecified atom stereocenters. The highest BCUT2D eigenvalue weighted by Gasteiger charge is 2.04. The van der Waals surface area contributed by atoms with Crippen LogP contribution in [0, 0.1) is 13.8 Å². The van der Waals surface area contributed by atoms with E-state index < -0.39 is 0 Å². The molecule has 23 heavy (non-hydrogen) atoms. The summed E-state index contributed by atoms with van der Waals surface area (Å²) in [5.41, 5.74) is 9.23. The van der Waals surface area contributed by atoms with Gasteiger partial charge in [-0.15, -0.1) is 24.0 Å². The molecule has 0 amide bonds. The molecule has 0 heterocycles. The lowest BCUT2D eigenvalue weighted by atomic mass is 10.2. The number of nitrogens with one attached hydrogen (secondary N) is 1. The number of benzene rings is 2. The summed E-state index contributed by atoms with van der Waals surface area (Å²) in [5, 5.41) is 3.08. The number of guanidine groups is 1. The molecule has 0 saturated heterocycles.